The van der Waals surface area contributed by atoms with Gasteiger partial charge in [-0.2, -0.15) is 0 Å². The molecule has 1 heterocycles. The van der Waals surface area contributed by atoms with Gasteiger partial charge in [-0.15, -0.1) is 0 Å². The number of nitrogens with zero attached hydrogens (tertiary/aromatic N) is 2. The third kappa shape index (κ3) is 5.60. The Kier molecular flexibility index (Phi) is 6.47. The molecule has 0 aliphatic rings. The molecule has 0 amide bonds. The Hall–Kier alpha value is -2.01. The molecule has 0 radical (unpaired) electrons. The van der Waals surface area contributed by atoms with Gasteiger partial charge >= 0.3 is 0 Å². The third-order valence-corrected chi connectivity index (χ3v) is 3.65. The van der Waals surface area contributed by atoms with Gasteiger partial charge in [-0.3, -0.25) is 4.99 Å². The molecule has 0 saturated heterocycles. The molecule has 0 fully saturated rings. The lowest BCUT2D eigenvalue weighted by molar-refractivity contribution is 0.372. The molecule has 124 valence electrons. The van der Waals surface area contributed by atoms with Crippen molar-refractivity contribution in [2.24, 2.45) is 4.99 Å². The number of halogens is 1. The largest absolute Gasteiger partial charge is 0.359 e. The van der Waals surface area contributed by atoms with Crippen LogP contribution in [0.1, 0.15) is 36.8 Å². The molecule has 0 saturated carbocycles. The van der Waals surface area contributed by atoms with Gasteiger partial charge in [0, 0.05) is 24.7 Å². The molecule has 6 heteroatoms. The lowest BCUT2D eigenvalue weighted by atomic mass is 10.1. The first kappa shape index (κ1) is 17.3. The number of hydrogen-bond acceptors (Lipinski definition) is 3. The summed E-state index contributed by atoms with van der Waals surface area (Å²) in [4.78, 5) is 4.20. The van der Waals surface area contributed by atoms with E-state index in [1.165, 1.54) is 5.56 Å². The van der Waals surface area contributed by atoms with E-state index in [1.54, 1.807) is 7.05 Å². The zero-order chi connectivity index (χ0) is 16.7. The molecule has 23 heavy (non-hydrogen) atoms. The highest BCUT2D eigenvalue weighted by Crippen LogP contribution is 2.13. The highest BCUT2D eigenvalue weighted by Gasteiger charge is 2.08. The van der Waals surface area contributed by atoms with Crippen molar-refractivity contribution in [3.63, 3.8) is 0 Å². The van der Waals surface area contributed by atoms with Crippen LogP contribution in [0.5, 0.6) is 0 Å². The Bertz CT molecular complexity index is 652. The van der Waals surface area contributed by atoms with Crippen LogP contribution in [0.3, 0.4) is 0 Å². The van der Waals surface area contributed by atoms with E-state index in [1.807, 2.05) is 24.3 Å². The molecule has 0 aliphatic carbocycles. The van der Waals surface area contributed by atoms with Gasteiger partial charge in [0.05, 0.1) is 12.2 Å². The summed E-state index contributed by atoms with van der Waals surface area (Å²) in [6.07, 6.45) is 0.876. The summed E-state index contributed by atoms with van der Waals surface area (Å²) < 4.78 is 5.30. The maximum atomic E-state index is 5.98. The minimum absolute atomic E-state index is 0.364. The molecule has 2 N–H and O–H groups in total. The SMILES string of the molecule is CN=C(NCCc1cccc(Cl)c1)NCc1cc(C(C)C)no1. The molecule has 2 aromatic rings. The predicted octanol–water partition coefficient (Wildman–Crippen LogP) is 3.36. The molecule has 0 bridgehead atoms. The summed E-state index contributed by atoms with van der Waals surface area (Å²) in [5, 5.41) is 11.3. The van der Waals surface area contributed by atoms with E-state index >= 15 is 0 Å². The minimum atomic E-state index is 0.364. The Labute approximate surface area is 142 Å². The van der Waals surface area contributed by atoms with E-state index in [9.17, 15) is 0 Å². The first-order chi connectivity index (χ1) is 11.1. The van der Waals surface area contributed by atoms with Crippen molar-refractivity contribution in [2.45, 2.75) is 32.7 Å². The molecular weight excluding hydrogens is 312 g/mol. The lowest BCUT2D eigenvalue weighted by Gasteiger charge is -2.10. The van der Waals surface area contributed by atoms with E-state index in [0.717, 1.165) is 35.4 Å². The van der Waals surface area contributed by atoms with Crippen LogP contribution in [0, 0.1) is 0 Å². The van der Waals surface area contributed by atoms with Crippen LogP contribution in [0.4, 0.5) is 0 Å². The van der Waals surface area contributed by atoms with Crippen LogP contribution in [-0.2, 0) is 13.0 Å². The summed E-state index contributed by atoms with van der Waals surface area (Å²) in [7, 11) is 1.74. The van der Waals surface area contributed by atoms with Crippen molar-refractivity contribution >= 4 is 17.6 Å². The summed E-state index contributed by atoms with van der Waals surface area (Å²) in [5.74, 6) is 1.89. The summed E-state index contributed by atoms with van der Waals surface area (Å²) in [5.41, 5.74) is 2.16. The molecule has 1 aromatic heterocycles. The number of nitrogens with one attached hydrogen (secondary N) is 2. The number of aromatic nitrogens is 1. The van der Waals surface area contributed by atoms with Gasteiger partial charge in [0.25, 0.3) is 0 Å². The van der Waals surface area contributed by atoms with E-state index in [-0.39, 0.29) is 0 Å². The number of benzene rings is 1. The Morgan fingerprint density at radius 2 is 2.13 bits per heavy atom. The zero-order valence-electron chi connectivity index (χ0n) is 13.8. The van der Waals surface area contributed by atoms with E-state index in [0.29, 0.717) is 12.5 Å². The van der Waals surface area contributed by atoms with Crippen LogP contribution in [0.15, 0.2) is 39.8 Å². The van der Waals surface area contributed by atoms with Gasteiger partial charge in [-0.05, 0) is 30.0 Å². The van der Waals surface area contributed by atoms with E-state index < -0.39 is 0 Å². The number of aliphatic imine (C=N–C) groups is 1. The predicted molar refractivity (Wildman–Crippen MR) is 93.9 cm³/mol. The fourth-order valence-electron chi connectivity index (χ4n) is 2.09. The van der Waals surface area contributed by atoms with Crippen molar-refractivity contribution < 1.29 is 4.52 Å². The van der Waals surface area contributed by atoms with Gasteiger partial charge in [0.1, 0.15) is 0 Å². The number of rotatable bonds is 6. The number of guanidine groups is 1. The second-order valence-corrected chi connectivity index (χ2v) is 6.04. The van der Waals surface area contributed by atoms with Crippen molar-refractivity contribution in [3.05, 3.63) is 52.4 Å². The van der Waals surface area contributed by atoms with Crippen molar-refractivity contribution in [3.8, 4) is 0 Å². The minimum Gasteiger partial charge on any atom is -0.359 e. The first-order valence-corrected chi connectivity index (χ1v) is 8.10. The van der Waals surface area contributed by atoms with Crippen LogP contribution < -0.4 is 10.6 Å². The molecule has 0 atom stereocenters. The maximum Gasteiger partial charge on any atom is 0.191 e. The average Bonchev–Trinajstić information content (AvgIpc) is 3.00. The fraction of sp³-hybridized carbons (Fsp3) is 0.412. The van der Waals surface area contributed by atoms with Crippen LogP contribution in [-0.4, -0.2) is 24.7 Å². The highest BCUT2D eigenvalue weighted by molar-refractivity contribution is 6.30. The Morgan fingerprint density at radius 1 is 1.30 bits per heavy atom. The van der Waals surface area contributed by atoms with E-state index in [4.69, 9.17) is 16.1 Å². The van der Waals surface area contributed by atoms with Gasteiger partial charge in [-0.1, -0.05) is 42.7 Å². The summed E-state index contributed by atoms with van der Waals surface area (Å²) in [6.45, 7) is 5.50. The van der Waals surface area contributed by atoms with Crippen LogP contribution >= 0.6 is 11.6 Å². The normalized spacial score (nSPS) is 11.8. The first-order valence-electron chi connectivity index (χ1n) is 7.73. The molecular formula is C17H23ClN4O. The quantitative estimate of drug-likeness (QED) is 0.628. The molecule has 0 unspecified atom stereocenters. The monoisotopic (exact) mass is 334 g/mol. The van der Waals surface area contributed by atoms with Gasteiger partial charge in [0.15, 0.2) is 11.7 Å². The topological polar surface area (TPSA) is 62.5 Å². The van der Waals surface area contributed by atoms with E-state index in [2.05, 4.69) is 40.7 Å². The maximum absolute atomic E-state index is 5.98. The standard InChI is InChI=1S/C17H23ClN4O/c1-12(2)16-10-15(23-22-16)11-21-17(19-3)20-8-7-13-5-4-6-14(18)9-13/h4-6,9-10,12H,7-8,11H2,1-3H3,(H2,19,20,21). The molecule has 2 rings (SSSR count). The fourth-order valence-corrected chi connectivity index (χ4v) is 2.31. The lowest BCUT2D eigenvalue weighted by Crippen LogP contribution is -2.37. The summed E-state index contributed by atoms with van der Waals surface area (Å²) >= 11 is 5.98. The Morgan fingerprint density at radius 3 is 2.78 bits per heavy atom. The van der Waals surface area contributed by atoms with Crippen molar-refractivity contribution in [1.29, 1.82) is 0 Å². The Balaban J connectivity index is 1.77. The molecule has 5 nitrogen and oxygen atoms in total. The zero-order valence-corrected chi connectivity index (χ0v) is 14.5. The van der Waals surface area contributed by atoms with Crippen LogP contribution in [0.2, 0.25) is 5.02 Å². The van der Waals surface area contributed by atoms with Gasteiger partial charge in [-0.25, -0.2) is 0 Å². The molecule has 0 aliphatic heterocycles. The number of hydrogen-bond donors (Lipinski definition) is 2. The highest BCUT2D eigenvalue weighted by atomic mass is 35.5. The second kappa shape index (κ2) is 8.58. The van der Waals surface area contributed by atoms with Gasteiger partial charge < -0.3 is 15.2 Å². The molecule has 1 aromatic carbocycles. The third-order valence-electron chi connectivity index (χ3n) is 3.42. The average molecular weight is 335 g/mol. The van der Waals surface area contributed by atoms with Crippen molar-refractivity contribution in [2.75, 3.05) is 13.6 Å². The smallest absolute Gasteiger partial charge is 0.191 e. The summed E-state index contributed by atoms with van der Waals surface area (Å²) in [6, 6.07) is 9.84. The van der Waals surface area contributed by atoms with Crippen molar-refractivity contribution in [1.82, 2.24) is 15.8 Å². The van der Waals surface area contributed by atoms with Crippen LogP contribution in [0.25, 0.3) is 0 Å². The second-order valence-electron chi connectivity index (χ2n) is 5.61. The van der Waals surface area contributed by atoms with Gasteiger partial charge in [0.2, 0.25) is 0 Å². The molecule has 0 spiro atoms.